The summed E-state index contributed by atoms with van der Waals surface area (Å²) in [5, 5.41) is 18.4. The number of benzene rings is 3. The maximum Gasteiger partial charge on any atom is 0.235 e. The molecule has 0 spiro atoms. The molecule has 1 fully saturated rings. The molecule has 5 rings (SSSR count). The van der Waals surface area contributed by atoms with Gasteiger partial charge < -0.3 is 20.7 Å². The monoisotopic (exact) mass is 537 g/mol. The average molecular weight is 538 g/mol. The summed E-state index contributed by atoms with van der Waals surface area (Å²) in [5.41, 5.74) is 4.86. The van der Waals surface area contributed by atoms with Crippen LogP contribution in [0.1, 0.15) is 47.1 Å². The number of ketones is 1. The molecule has 1 aromatic heterocycles. The summed E-state index contributed by atoms with van der Waals surface area (Å²) < 4.78 is 0. The Morgan fingerprint density at radius 2 is 1.43 bits per heavy atom. The van der Waals surface area contributed by atoms with Crippen LogP contribution in [0.2, 0.25) is 0 Å². The summed E-state index contributed by atoms with van der Waals surface area (Å²) in [5.74, 6) is -4.52. The van der Waals surface area contributed by atoms with Crippen molar-refractivity contribution in [2.75, 3.05) is 10.6 Å². The first kappa shape index (κ1) is 27.3. The van der Waals surface area contributed by atoms with Crippen molar-refractivity contribution in [3.05, 3.63) is 94.7 Å². The van der Waals surface area contributed by atoms with Gasteiger partial charge >= 0.3 is 0 Å². The summed E-state index contributed by atoms with van der Waals surface area (Å²) in [4.78, 5) is 45.0. The number of anilines is 2. The smallest absolute Gasteiger partial charge is 0.235 e. The highest BCUT2D eigenvalue weighted by atomic mass is 16.3. The van der Waals surface area contributed by atoms with Gasteiger partial charge in [0.1, 0.15) is 11.7 Å². The molecular formula is C33H35N3O4. The van der Waals surface area contributed by atoms with E-state index in [4.69, 9.17) is 0 Å². The van der Waals surface area contributed by atoms with E-state index < -0.39 is 41.0 Å². The Morgan fingerprint density at radius 1 is 0.850 bits per heavy atom. The van der Waals surface area contributed by atoms with Crippen molar-refractivity contribution in [1.29, 1.82) is 0 Å². The van der Waals surface area contributed by atoms with Crippen LogP contribution in [0.25, 0.3) is 10.9 Å². The van der Waals surface area contributed by atoms with E-state index in [-0.39, 0.29) is 6.42 Å². The van der Waals surface area contributed by atoms with Gasteiger partial charge in [-0.25, -0.2) is 0 Å². The van der Waals surface area contributed by atoms with E-state index in [9.17, 15) is 19.5 Å². The Kier molecular flexibility index (Phi) is 7.10. The van der Waals surface area contributed by atoms with Crippen molar-refractivity contribution < 1.29 is 19.5 Å². The molecule has 1 aliphatic carbocycles. The molecule has 2 amide bonds. The van der Waals surface area contributed by atoms with Crippen LogP contribution < -0.4 is 10.6 Å². The maximum atomic E-state index is 14.1. The summed E-state index contributed by atoms with van der Waals surface area (Å²) >= 11 is 0. The molecule has 7 nitrogen and oxygen atoms in total. The average Bonchev–Trinajstić information content (AvgIpc) is 3.32. The number of fused-ring (bicyclic) bond motifs is 1. The van der Waals surface area contributed by atoms with Gasteiger partial charge in [0, 0.05) is 40.8 Å². The minimum atomic E-state index is -1.68. The standard InChI is InChI=1S/C33H35N3O4/c1-18-10-8-14-24(20(18)3)35-31(38)29-27(37)16-33(5,40)30(32(39)36-25-15-9-11-19(2)21(25)4)28(29)23-17-34-26-13-7-6-12-22(23)26/h6-15,17,28-30,34,40H,16H2,1-5H3,(H,35,38)(H,36,39). The molecule has 4 unspecified atom stereocenters. The van der Waals surface area contributed by atoms with Crippen molar-refractivity contribution in [3.8, 4) is 0 Å². The summed E-state index contributed by atoms with van der Waals surface area (Å²) in [6, 6.07) is 18.8. The van der Waals surface area contributed by atoms with Crippen LogP contribution in [-0.4, -0.2) is 33.3 Å². The van der Waals surface area contributed by atoms with Gasteiger partial charge in [0.05, 0.1) is 11.5 Å². The molecule has 0 aliphatic heterocycles. The second kappa shape index (κ2) is 10.4. The molecule has 40 heavy (non-hydrogen) atoms. The van der Waals surface area contributed by atoms with Crippen LogP contribution in [0.5, 0.6) is 0 Å². The van der Waals surface area contributed by atoms with Gasteiger partial charge in [-0.3, -0.25) is 14.4 Å². The van der Waals surface area contributed by atoms with Crippen LogP contribution in [0, 0.1) is 39.5 Å². The summed E-state index contributed by atoms with van der Waals surface area (Å²) in [7, 11) is 0. The highest BCUT2D eigenvalue weighted by Gasteiger charge is 2.56. The molecule has 7 heteroatoms. The predicted octanol–water partition coefficient (Wildman–Crippen LogP) is 5.72. The van der Waals surface area contributed by atoms with E-state index in [2.05, 4.69) is 15.6 Å². The molecular weight excluding hydrogens is 502 g/mol. The number of H-pyrrole nitrogens is 1. The number of aromatic amines is 1. The van der Waals surface area contributed by atoms with Crippen LogP contribution in [0.4, 0.5) is 11.4 Å². The first-order valence-corrected chi connectivity index (χ1v) is 13.5. The third-order valence-corrected chi connectivity index (χ3v) is 8.54. The first-order valence-electron chi connectivity index (χ1n) is 13.5. The third kappa shape index (κ3) is 4.82. The second-order valence-corrected chi connectivity index (χ2v) is 11.2. The topological polar surface area (TPSA) is 111 Å². The molecule has 4 atom stereocenters. The molecule has 1 saturated carbocycles. The van der Waals surface area contributed by atoms with E-state index in [1.54, 1.807) is 12.3 Å². The fourth-order valence-electron chi connectivity index (χ4n) is 6.03. The molecule has 0 bridgehead atoms. The molecule has 1 aliphatic rings. The number of aliphatic hydroxyl groups is 1. The van der Waals surface area contributed by atoms with Crippen molar-refractivity contribution in [2.24, 2.45) is 11.8 Å². The Hall–Kier alpha value is -4.23. The molecule has 4 N–H and O–H groups in total. The highest BCUT2D eigenvalue weighted by molar-refractivity contribution is 6.11. The lowest BCUT2D eigenvalue weighted by Gasteiger charge is -2.44. The fraction of sp³-hybridized carbons (Fsp3) is 0.303. The van der Waals surface area contributed by atoms with E-state index in [1.165, 1.54) is 6.92 Å². The van der Waals surface area contributed by atoms with Gasteiger partial charge in [-0.2, -0.15) is 0 Å². The Balaban J connectivity index is 1.63. The minimum Gasteiger partial charge on any atom is -0.389 e. The normalized spacial score (nSPS) is 22.8. The largest absolute Gasteiger partial charge is 0.389 e. The highest BCUT2D eigenvalue weighted by Crippen LogP contribution is 2.48. The number of hydrogen-bond donors (Lipinski definition) is 4. The molecule has 3 aromatic carbocycles. The van der Waals surface area contributed by atoms with E-state index in [1.807, 2.05) is 82.3 Å². The number of rotatable bonds is 5. The SMILES string of the molecule is Cc1cccc(NC(=O)C2C(=O)CC(C)(O)C(C(=O)Nc3cccc(C)c3C)C2c2c[nH]c3ccccc23)c1C. The number of para-hydroxylation sites is 1. The van der Waals surface area contributed by atoms with Gasteiger partial charge in [-0.15, -0.1) is 0 Å². The molecule has 1 heterocycles. The zero-order valence-corrected chi connectivity index (χ0v) is 23.5. The quantitative estimate of drug-likeness (QED) is 0.244. The first-order chi connectivity index (χ1) is 19.0. The van der Waals surface area contributed by atoms with Crippen molar-refractivity contribution in [2.45, 2.75) is 52.6 Å². The molecule has 0 saturated heterocycles. The van der Waals surface area contributed by atoms with Crippen molar-refractivity contribution in [1.82, 2.24) is 4.98 Å². The number of aryl methyl sites for hydroxylation is 2. The number of Topliss-reactive ketones (excluding diaryl/α,β-unsaturated/α-hetero) is 1. The number of hydrogen-bond acceptors (Lipinski definition) is 4. The summed E-state index contributed by atoms with van der Waals surface area (Å²) in [6.45, 7) is 9.26. The zero-order valence-electron chi connectivity index (χ0n) is 23.5. The Bertz CT molecular complexity index is 1630. The number of amides is 2. The molecule has 0 radical (unpaired) electrons. The Labute approximate surface area is 234 Å². The maximum absolute atomic E-state index is 14.1. The van der Waals surface area contributed by atoms with Crippen LogP contribution in [-0.2, 0) is 14.4 Å². The lowest BCUT2D eigenvalue weighted by Crippen LogP contribution is -2.56. The van der Waals surface area contributed by atoms with E-state index in [0.717, 1.165) is 33.2 Å². The number of aromatic nitrogens is 1. The third-order valence-electron chi connectivity index (χ3n) is 8.54. The van der Waals surface area contributed by atoms with Crippen LogP contribution >= 0.6 is 0 Å². The van der Waals surface area contributed by atoms with Gasteiger partial charge in [0.2, 0.25) is 11.8 Å². The lowest BCUT2D eigenvalue weighted by atomic mass is 9.61. The van der Waals surface area contributed by atoms with Gasteiger partial charge in [-0.1, -0.05) is 42.5 Å². The molecule has 206 valence electrons. The van der Waals surface area contributed by atoms with Crippen molar-refractivity contribution >= 4 is 39.9 Å². The van der Waals surface area contributed by atoms with Crippen molar-refractivity contribution in [3.63, 3.8) is 0 Å². The van der Waals surface area contributed by atoms with E-state index in [0.29, 0.717) is 16.9 Å². The summed E-state index contributed by atoms with van der Waals surface area (Å²) in [6.07, 6.45) is 1.43. The lowest BCUT2D eigenvalue weighted by molar-refractivity contribution is -0.150. The number of carbonyl (C=O) groups excluding carboxylic acids is 3. The van der Waals surface area contributed by atoms with Gasteiger partial charge in [0.15, 0.2) is 0 Å². The van der Waals surface area contributed by atoms with Crippen LogP contribution in [0.3, 0.4) is 0 Å². The van der Waals surface area contributed by atoms with Gasteiger partial charge in [0.25, 0.3) is 0 Å². The zero-order chi connectivity index (χ0) is 28.8. The fourth-order valence-corrected chi connectivity index (χ4v) is 6.03. The number of carbonyl (C=O) groups is 3. The predicted molar refractivity (Wildman–Crippen MR) is 157 cm³/mol. The number of nitrogens with one attached hydrogen (secondary N) is 3. The second-order valence-electron chi connectivity index (χ2n) is 11.2. The van der Waals surface area contributed by atoms with Gasteiger partial charge in [-0.05, 0) is 80.6 Å². The molecule has 4 aromatic rings. The minimum absolute atomic E-state index is 0.318. The Morgan fingerprint density at radius 3 is 2.05 bits per heavy atom. The van der Waals surface area contributed by atoms with Crippen LogP contribution in [0.15, 0.2) is 66.9 Å². The van der Waals surface area contributed by atoms with E-state index >= 15 is 0 Å².